The number of rotatable bonds is 3. The Morgan fingerprint density at radius 3 is 2.54 bits per heavy atom. The van der Waals surface area contributed by atoms with Gasteiger partial charge in [-0.25, -0.2) is 18.6 Å². The highest BCUT2D eigenvalue weighted by Crippen LogP contribution is 2.41. The van der Waals surface area contributed by atoms with Crippen LogP contribution in [0.15, 0.2) is 60.8 Å². The number of pyridine rings is 1. The molecule has 48 heavy (non-hydrogen) atoms. The molecule has 10 heteroatoms. The Morgan fingerprint density at radius 1 is 1.10 bits per heavy atom. The number of carboxylic acid groups (broad SMARTS) is 1. The Balaban J connectivity index is 1.56. The molecule has 5 heterocycles. The predicted octanol–water partition coefficient (Wildman–Crippen LogP) is 8.30. The smallest absolute Gasteiger partial charge is 0.337 e. The lowest BCUT2D eigenvalue weighted by Gasteiger charge is -2.41. The van der Waals surface area contributed by atoms with Crippen LogP contribution in [0.2, 0.25) is 0 Å². The molecule has 6 bridgehead atoms. The second-order valence-corrected chi connectivity index (χ2v) is 14.1. The van der Waals surface area contributed by atoms with E-state index in [9.17, 15) is 14.3 Å². The zero-order valence-electron chi connectivity index (χ0n) is 28.3. The van der Waals surface area contributed by atoms with Crippen molar-refractivity contribution in [1.29, 1.82) is 0 Å². The molecule has 0 saturated carbocycles. The summed E-state index contributed by atoms with van der Waals surface area (Å²) >= 11 is 0. The molecule has 1 fully saturated rings. The van der Waals surface area contributed by atoms with Gasteiger partial charge in [0.2, 0.25) is 0 Å². The van der Waals surface area contributed by atoms with Gasteiger partial charge in [0.15, 0.2) is 6.10 Å². The quantitative estimate of drug-likeness (QED) is 0.222. The number of aromatic nitrogens is 2. The monoisotopic (exact) mass is 659 g/mol. The SMILES string of the molecule is Cc1cc2nc3cn2c(c1[C@H](OC(C)(C)C)C(=O)O)N1CCC(C)(CC1)OCC=CC[C@H](C)Oc1cc(F)cc(F)c1-c1cccc-3c1. The van der Waals surface area contributed by atoms with Crippen molar-refractivity contribution in [2.75, 3.05) is 24.6 Å². The zero-order valence-corrected chi connectivity index (χ0v) is 28.3. The van der Waals surface area contributed by atoms with E-state index in [0.29, 0.717) is 60.0 Å². The fourth-order valence-corrected chi connectivity index (χ4v) is 6.58. The molecule has 0 radical (unpaired) electrons. The number of carboxylic acids is 1. The Morgan fingerprint density at radius 2 is 1.83 bits per heavy atom. The number of nitrogens with zero attached hydrogens (tertiary/aromatic N) is 3. The molecule has 1 N–H and O–H groups in total. The van der Waals surface area contributed by atoms with E-state index in [0.717, 1.165) is 24.5 Å². The molecule has 4 aromatic rings. The first-order chi connectivity index (χ1) is 22.7. The van der Waals surface area contributed by atoms with Crippen molar-refractivity contribution in [3.63, 3.8) is 0 Å². The molecule has 2 aromatic carbocycles. The fourth-order valence-electron chi connectivity index (χ4n) is 6.58. The molecule has 0 spiro atoms. The topological polar surface area (TPSA) is 85.5 Å². The van der Waals surface area contributed by atoms with Crippen LogP contribution in [0, 0.1) is 18.6 Å². The van der Waals surface area contributed by atoms with Crippen LogP contribution in [0.25, 0.3) is 28.0 Å². The van der Waals surface area contributed by atoms with E-state index in [-0.39, 0.29) is 23.0 Å². The number of ether oxygens (including phenoxy) is 3. The number of piperidine rings is 1. The number of hydrogen-bond donors (Lipinski definition) is 1. The van der Waals surface area contributed by atoms with Crippen molar-refractivity contribution in [1.82, 2.24) is 9.38 Å². The molecule has 0 amide bonds. The highest BCUT2D eigenvalue weighted by atomic mass is 19.1. The van der Waals surface area contributed by atoms with Crippen molar-refractivity contribution in [3.8, 4) is 28.1 Å². The largest absolute Gasteiger partial charge is 0.490 e. The maximum absolute atomic E-state index is 15.5. The fraction of sp³-hybridized carbons (Fsp3) is 0.421. The Hall–Kier alpha value is -4.28. The second-order valence-electron chi connectivity index (χ2n) is 14.1. The number of anilines is 1. The molecule has 3 aliphatic rings. The van der Waals surface area contributed by atoms with Gasteiger partial charge < -0.3 is 24.2 Å². The van der Waals surface area contributed by atoms with Crippen LogP contribution in [0.3, 0.4) is 0 Å². The van der Waals surface area contributed by atoms with E-state index in [4.69, 9.17) is 19.2 Å². The van der Waals surface area contributed by atoms with Crippen molar-refractivity contribution in [3.05, 3.63) is 83.6 Å². The molecular formula is C38H43F2N3O5. The number of halogens is 2. The van der Waals surface area contributed by atoms with Crippen molar-refractivity contribution >= 4 is 17.4 Å². The molecule has 7 rings (SSSR count). The van der Waals surface area contributed by atoms with Gasteiger partial charge in [-0.3, -0.25) is 4.40 Å². The van der Waals surface area contributed by atoms with Crippen LogP contribution in [-0.4, -0.2) is 57.5 Å². The van der Waals surface area contributed by atoms with E-state index >= 15 is 4.39 Å². The molecule has 254 valence electrons. The number of aryl methyl sites for hydroxylation is 1. The summed E-state index contributed by atoms with van der Waals surface area (Å²) in [5.74, 6) is -1.70. The summed E-state index contributed by atoms with van der Waals surface area (Å²) in [4.78, 5) is 20.0. The van der Waals surface area contributed by atoms with E-state index in [1.807, 2.05) is 75.6 Å². The average molecular weight is 660 g/mol. The number of aliphatic carboxylic acids is 1. The minimum atomic E-state index is -1.22. The average Bonchev–Trinajstić information content (AvgIpc) is 3.42. The van der Waals surface area contributed by atoms with Gasteiger partial charge in [0.25, 0.3) is 0 Å². The number of carbonyl (C=O) groups is 1. The standard InChI is InChI=1S/C38H43F2N3O5/c1-23-18-31-41-29-22-43(31)35(32(23)34(36(44)45)48-37(3,4)5)42-15-13-38(6,14-16-42)46-17-8-7-10-24(2)47-30-21-27(39)20-28(40)33(30)26-12-9-11-25(29)19-26/h7-9,11-12,18-22,24,34H,10,13-17H2,1-6H3,(H,44,45)/t24-,34-/m0/s1. The molecule has 2 aromatic heterocycles. The van der Waals surface area contributed by atoms with Crippen LogP contribution in [0.4, 0.5) is 14.6 Å². The zero-order chi connectivity index (χ0) is 34.4. The van der Waals surface area contributed by atoms with Gasteiger partial charge in [0.1, 0.15) is 28.8 Å². The summed E-state index contributed by atoms with van der Waals surface area (Å²) in [5, 5.41) is 10.5. The molecule has 1 saturated heterocycles. The third-order valence-corrected chi connectivity index (χ3v) is 9.01. The second kappa shape index (κ2) is 13.0. The first kappa shape index (κ1) is 33.6. The first-order valence-electron chi connectivity index (χ1n) is 16.4. The van der Waals surface area contributed by atoms with Crippen LogP contribution in [0.1, 0.15) is 71.1 Å². The third-order valence-electron chi connectivity index (χ3n) is 9.01. The first-order valence-corrected chi connectivity index (χ1v) is 16.4. The number of hydrogen-bond acceptors (Lipinski definition) is 6. The number of fused-ring (bicyclic) bond motifs is 7. The normalized spacial score (nSPS) is 20.8. The van der Waals surface area contributed by atoms with E-state index in [2.05, 4.69) is 11.8 Å². The van der Waals surface area contributed by atoms with Gasteiger partial charge in [0, 0.05) is 49.0 Å². The molecule has 0 unspecified atom stereocenters. The summed E-state index contributed by atoms with van der Waals surface area (Å²) in [5.41, 5.74) is 2.85. The Kier molecular flexibility index (Phi) is 9.08. The van der Waals surface area contributed by atoms with Crippen LogP contribution in [-0.2, 0) is 14.3 Å². The lowest BCUT2D eigenvalue weighted by atomic mass is 9.92. The lowest BCUT2D eigenvalue weighted by Crippen LogP contribution is -2.45. The van der Waals surface area contributed by atoms with Gasteiger partial charge in [-0.1, -0.05) is 30.4 Å². The molecule has 2 atom stereocenters. The highest BCUT2D eigenvalue weighted by Gasteiger charge is 2.37. The van der Waals surface area contributed by atoms with Gasteiger partial charge >= 0.3 is 5.97 Å². The number of benzene rings is 2. The highest BCUT2D eigenvalue weighted by molar-refractivity contribution is 5.80. The van der Waals surface area contributed by atoms with E-state index in [1.54, 1.807) is 12.1 Å². The van der Waals surface area contributed by atoms with Crippen molar-refractivity contribution in [2.45, 2.75) is 84.2 Å². The summed E-state index contributed by atoms with van der Waals surface area (Å²) in [6, 6.07) is 11.2. The number of imidazole rings is 1. The summed E-state index contributed by atoms with van der Waals surface area (Å²) in [7, 11) is 0. The maximum Gasteiger partial charge on any atom is 0.337 e. The van der Waals surface area contributed by atoms with Crippen molar-refractivity contribution in [2.24, 2.45) is 0 Å². The minimum Gasteiger partial charge on any atom is -0.490 e. The van der Waals surface area contributed by atoms with Crippen LogP contribution >= 0.6 is 0 Å². The van der Waals surface area contributed by atoms with Gasteiger partial charge in [-0.05, 0) is 77.6 Å². The minimum absolute atomic E-state index is 0.116. The van der Waals surface area contributed by atoms with Crippen LogP contribution < -0.4 is 9.64 Å². The molecule has 8 nitrogen and oxygen atoms in total. The van der Waals surface area contributed by atoms with E-state index < -0.39 is 29.3 Å². The summed E-state index contributed by atoms with van der Waals surface area (Å²) < 4.78 is 50.6. The Bertz CT molecular complexity index is 1870. The molecule has 0 aliphatic carbocycles. The summed E-state index contributed by atoms with van der Waals surface area (Å²) in [6.07, 6.45) is 6.20. The van der Waals surface area contributed by atoms with E-state index in [1.165, 1.54) is 6.07 Å². The third kappa shape index (κ3) is 6.96. The van der Waals surface area contributed by atoms with Crippen molar-refractivity contribution < 1.29 is 32.9 Å². The Labute approximate surface area is 280 Å². The molecular weight excluding hydrogens is 616 g/mol. The van der Waals surface area contributed by atoms with Crippen LogP contribution in [0.5, 0.6) is 5.75 Å². The van der Waals surface area contributed by atoms with Gasteiger partial charge in [0.05, 0.1) is 35.2 Å². The van der Waals surface area contributed by atoms with Gasteiger partial charge in [-0.15, -0.1) is 0 Å². The summed E-state index contributed by atoms with van der Waals surface area (Å²) in [6.45, 7) is 13.1. The maximum atomic E-state index is 15.5. The lowest BCUT2D eigenvalue weighted by molar-refractivity contribution is -0.160. The predicted molar refractivity (Wildman–Crippen MR) is 182 cm³/mol. The van der Waals surface area contributed by atoms with Gasteiger partial charge in [-0.2, -0.15) is 0 Å². The molecule has 3 aliphatic heterocycles.